The Morgan fingerprint density at radius 3 is 2.75 bits per heavy atom. The van der Waals surface area contributed by atoms with Gasteiger partial charge in [-0.2, -0.15) is 4.98 Å². The number of thiocarbonyl (C=S) groups is 1. The maximum Gasteiger partial charge on any atom is 0.341 e. The van der Waals surface area contributed by atoms with Gasteiger partial charge in [0.15, 0.2) is 0 Å². The van der Waals surface area contributed by atoms with E-state index in [1.54, 1.807) is 30.2 Å². The van der Waals surface area contributed by atoms with E-state index in [0.717, 1.165) is 0 Å². The number of nitrogens with two attached hydrogens (primary N) is 1. The molecule has 2 aromatic rings. The quantitative estimate of drug-likeness (QED) is 0.786. The lowest BCUT2D eigenvalue weighted by Gasteiger charge is -2.01. The van der Waals surface area contributed by atoms with E-state index in [1.807, 2.05) is 0 Å². The summed E-state index contributed by atoms with van der Waals surface area (Å²) in [6, 6.07) is 3.66. The molecule has 2 aromatic heterocycles. The molecule has 0 amide bonds. The minimum atomic E-state index is 0.252. The summed E-state index contributed by atoms with van der Waals surface area (Å²) in [4.78, 5) is 8.20. The highest BCUT2D eigenvalue weighted by molar-refractivity contribution is 7.80. The second kappa shape index (κ2) is 4.23. The molecule has 6 nitrogen and oxygen atoms in total. The van der Waals surface area contributed by atoms with Crippen LogP contribution in [0.4, 0.5) is 0 Å². The number of nitrogens with zero attached hydrogens (tertiary/aromatic N) is 4. The van der Waals surface area contributed by atoms with Crippen molar-refractivity contribution < 1.29 is 4.74 Å². The molecule has 7 heteroatoms. The number of ether oxygens (including phenoxy) is 1. The summed E-state index contributed by atoms with van der Waals surface area (Å²) >= 11 is 4.78. The molecule has 0 aromatic carbocycles. The molecule has 0 spiro atoms. The van der Waals surface area contributed by atoms with E-state index in [2.05, 4.69) is 15.1 Å². The lowest BCUT2D eigenvalue weighted by Crippen LogP contribution is -2.10. The third kappa shape index (κ3) is 2.31. The summed E-state index contributed by atoms with van der Waals surface area (Å²) in [5.41, 5.74) is 5.97. The van der Waals surface area contributed by atoms with Gasteiger partial charge < -0.3 is 10.5 Å². The van der Waals surface area contributed by atoms with Gasteiger partial charge in [-0.1, -0.05) is 12.2 Å². The fourth-order valence-electron chi connectivity index (χ4n) is 1.06. The van der Waals surface area contributed by atoms with Crippen molar-refractivity contribution in [1.29, 1.82) is 0 Å². The maximum absolute atomic E-state index is 5.42. The molecule has 16 heavy (non-hydrogen) atoms. The topological polar surface area (TPSA) is 78.9 Å². The van der Waals surface area contributed by atoms with Crippen LogP contribution in [0.3, 0.4) is 0 Å². The summed E-state index contributed by atoms with van der Waals surface area (Å²) in [5.74, 6) is 0.534. The summed E-state index contributed by atoms with van der Waals surface area (Å²) < 4.78 is 6.89. The minimum Gasteiger partial charge on any atom is -0.422 e. The standard InChI is InChI=1S/C9H9N5OS/c1-14-5-12-9(13-14)15-6-2-3-7(8(10)16)11-4-6/h2-5H,1H3,(H2,10,16). The zero-order valence-corrected chi connectivity index (χ0v) is 9.31. The SMILES string of the molecule is Cn1cnc(Oc2ccc(C(N)=S)nc2)n1. The van der Waals surface area contributed by atoms with Gasteiger partial charge in [-0.25, -0.2) is 4.98 Å². The zero-order valence-electron chi connectivity index (χ0n) is 8.49. The van der Waals surface area contributed by atoms with E-state index in [0.29, 0.717) is 11.4 Å². The molecule has 0 aliphatic heterocycles. The zero-order chi connectivity index (χ0) is 11.5. The smallest absolute Gasteiger partial charge is 0.341 e. The number of aryl methyl sites for hydroxylation is 1. The van der Waals surface area contributed by atoms with Crippen molar-refractivity contribution in [2.24, 2.45) is 12.8 Å². The van der Waals surface area contributed by atoms with Crippen LogP contribution in [0.5, 0.6) is 11.8 Å². The van der Waals surface area contributed by atoms with Crippen molar-refractivity contribution >= 4 is 17.2 Å². The highest BCUT2D eigenvalue weighted by Crippen LogP contribution is 2.15. The number of aromatic nitrogens is 4. The third-order valence-electron chi connectivity index (χ3n) is 1.78. The lowest BCUT2D eigenvalue weighted by atomic mass is 10.3. The van der Waals surface area contributed by atoms with E-state index < -0.39 is 0 Å². The first-order valence-electron chi connectivity index (χ1n) is 4.44. The van der Waals surface area contributed by atoms with Crippen molar-refractivity contribution in [3.05, 3.63) is 30.4 Å². The molecule has 0 atom stereocenters. The second-order valence-corrected chi connectivity index (χ2v) is 3.49. The summed E-state index contributed by atoms with van der Waals surface area (Å²) in [7, 11) is 1.76. The number of rotatable bonds is 3. The summed E-state index contributed by atoms with van der Waals surface area (Å²) in [6.07, 6.45) is 3.07. The Hall–Kier alpha value is -2.02. The first-order valence-corrected chi connectivity index (χ1v) is 4.85. The molecule has 2 rings (SSSR count). The van der Waals surface area contributed by atoms with Gasteiger partial charge in [0.25, 0.3) is 0 Å². The highest BCUT2D eigenvalue weighted by Gasteiger charge is 2.03. The van der Waals surface area contributed by atoms with E-state index in [-0.39, 0.29) is 11.0 Å². The lowest BCUT2D eigenvalue weighted by molar-refractivity contribution is 0.437. The average Bonchev–Trinajstić information content (AvgIpc) is 2.65. The first kappa shape index (κ1) is 10.5. The molecular formula is C9H9N5OS. The molecule has 0 saturated carbocycles. The molecule has 0 unspecified atom stereocenters. The van der Waals surface area contributed by atoms with Gasteiger partial charge in [0, 0.05) is 7.05 Å². The van der Waals surface area contributed by atoms with E-state index in [4.69, 9.17) is 22.7 Å². The molecule has 0 aliphatic carbocycles. The van der Waals surface area contributed by atoms with Crippen molar-refractivity contribution in [2.75, 3.05) is 0 Å². The normalized spacial score (nSPS) is 10.1. The van der Waals surface area contributed by atoms with Gasteiger partial charge in [0.2, 0.25) is 0 Å². The molecular weight excluding hydrogens is 226 g/mol. The van der Waals surface area contributed by atoms with Crippen molar-refractivity contribution in [2.45, 2.75) is 0 Å². The molecule has 0 fully saturated rings. The Bertz CT molecular complexity index is 507. The average molecular weight is 235 g/mol. The Kier molecular flexibility index (Phi) is 2.78. The van der Waals surface area contributed by atoms with Crippen LogP contribution in [0.2, 0.25) is 0 Å². The first-order chi connectivity index (χ1) is 7.65. The van der Waals surface area contributed by atoms with Gasteiger partial charge in [0.05, 0.1) is 11.9 Å². The second-order valence-electron chi connectivity index (χ2n) is 3.05. The van der Waals surface area contributed by atoms with E-state index in [9.17, 15) is 0 Å². The van der Waals surface area contributed by atoms with E-state index >= 15 is 0 Å². The van der Waals surface area contributed by atoms with Gasteiger partial charge in [-0.15, -0.1) is 5.10 Å². The van der Waals surface area contributed by atoms with Gasteiger partial charge >= 0.3 is 6.01 Å². The monoisotopic (exact) mass is 235 g/mol. The molecule has 0 aliphatic rings. The van der Waals surface area contributed by atoms with Crippen LogP contribution in [0.25, 0.3) is 0 Å². The van der Waals surface area contributed by atoms with Gasteiger partial charge in [-0.05, 0) is 12.1 Å². The van der Waals surface area contributed by atoms with Crippen LogP contribution >= 0.6 is 12.2 Å². The fraction of sp³-hybridized carbons (Fsp3) is 0.111. The highest BCUT2D eigenvalue weighted by atomic mass is 32.1. The molecule has 0 radical (unpaired) electrons. The van der Waals surface area contributed by atoms with Crippen LogP contribution in [0.1, 0.15) is 5.69 Å². The molecule has 2 N–H and O–H groups in total. The predicted molar refractivity (Wildman–Crippen MR) is 61.2 cm³/mol. The fourth-order valence-corrected chi connectivity index (χ4v) is 1.18. The Morgan fingerprint density at radius 1 is 1.44 bits per heavy atom. The van der Waals surface area contributed by atoms with Crippen LogP contribution in [0, 0.1) is 0 Å². The van der Waals surface area contributed by atoms with Gasteiger partial charge in [0.1, 0.15) is 17.1 Å². The van der Waals surface area contributed by atoms with Crippen molar-refractivity contribution in [3.63, 3.8) is 0 Å². The van der Waals surface area contributed by atoms with Crippen LogP contribution in [-0.4, -0.2) is 24.7 Å². The summed E-state index contributed by atoms with van der Waals surface area (Å²) in [6.45, 7) is 0. The van der Waals surface area contributed by atoms with Crippen LogP contribution in [0.15, 0.2) is 24.7 Å². The molecule has 0 saturated heterocycles. The summed E-state index contributed by atoms with van der Waals surface area (Å²) in [5, 5.41) is 3.97. The third-order valence-corrected chi connectivity index (χ3v) is 1.99. The number of pyridine rings is 1. The van der Waals surface area contributed by atoms with Crippen LogP contribution < -0.4 is 10.5 Å². The largest absolute Gasteiger partial charge is 0.422 e. The molecule has 82 valence electrons. The Morgan fingerprint density at radius 2 is 2.25 bits per heavy atom. The maximum atomic E-state index is 5.42. The minimum absolute atomic E-state index is 0.252. The predicted octanol–water partition coefficient (Wildman–Crippen LogP) is 0.637. The molecule has 2 heterocycles. The Balaban J connectivity index is 2.14. The van der Waals surface area contributed by atoms with Gasteiger partial charge in [-0.3, -0.25) is 4.68 Å². The van der Waals surface area contributed by atoms with Crippen molar-refractivity contribution in [3.8, 4) is 11.8 Å². The number of hydrogen-bond donors (Lipinski definition) is 1. The van der Waals surface area contributed by atoms with Crippen molar-refractivity contribution in [1.82, 2.24) is 19.7 Å². The molecule has 0 bridgehead atoms. The Labute approximate surface area is 97.1 Å². The van der Waals surface area contributed by atoms with Crippen LogP contribution in [-0.2, 0) is 7.05 Å². The van der Waals surface area contributed by atoms with E-state index in [1.165, 1.54) is 6.20 Å². The number of hydrogen-bond acceptors (Lipinski definition) is 5.